The van der Waals surface area contributed by atoms with Crippen LogP contribution in [0.2, 0.25) is 0 Å². The summed E-state index contributed by atoms with van der Waals surface area (Å²) in [6.45, 7) is 2.11. The number of amides is 2. The molecule has 0 aliphatic carbocycles. The third kappa shape index (κ3) is 5.31. The smallest absolute Gasteiger partial charge is 0.258 e. The number of para-hydroxylation sites is 1. The molecule has 1 aliphatic rings. The molecular weight excluding hydrogens is 342 g/mol. The monoisotopic (exact) mass is 367 g/mol. The highest BCUT2D eigenvalue weighted by molar-refractivity contribution is 5.85. The van der Waals surface area contributed by atoms with Crippen LogP contribution in [0.3, 0.4) is 0 Å². The predicted molar refractivity (Wildman–Crippen MR) is 103 cm³/mol. The van der Waals surface area contributed by atoms with Crippen LogP contribution < -0.4 is 10.1 Å². The molecule has 1 heterocycles. The van der Waals surface area contributed by atoms with E-state index in [0.29, 0.717) is 12.3 Å². The molecule has 1 N–H and O–H groups in total. The molecule has 142 valence electrons. The minimum atomic E-state index is -0.308. The van der Waals surface area contributed by atoms with Crippen molar-refractivity contribution < 1.29 is 14.3 Å². The zero-order chi connectivity index (χ0) is 19.1. The molecule has 1 saturated heterocycles. The first-order chi connectivity index (χ1) is 13.1. The van der Waals surface area contributed by atoms with E-state index < -0.39 is 0 Å². The Hall–Kier alpha value is -2.86. The van der Waals surface area contributed by atoms with E-state index in [4.69, 9.17) is 4.74 Å². The summed E-state index contributed by atoms with van der Waals surface area (Å²) >= 11 is 0. The highest BCUT2D eigenvalue weighted by Gasteiger charge is 2.30. The fourth-order valence-electron chi connectivity index (χ4n) is 3.17. The largest absolute Gasteiger partial charge is 0.484 e. The maximum absolute atomic E-state index is 12.7. The molecule has 0 radical (unpaired) electrons. The summed E-state index contributed by atoms with van der Waals surface area (Å²) in [5.41, 5.74) is 1.11. The zero-order valence-corrected chi connectivity index (χ0v) is 15.5. The number of hydrogen-bond donors (Lipinski definition) is 1. The second-order valence-corrected chi connectivity index (χ2v) is 6.65. The van der Waals surface area contributed by atoms with Crippen molar-refractivity contribution in [3.8, 4) is 5.75 Å². The third-order valence-electron chi connectivity index (χ3n) is 4.64. The summed E-state index contributed by atoms with van der Waals surface area (Å²) in [7, 11) is 2.06. The summed E-state index contributed by atoms with van der Waals surface area (Å²) < 4.78 is 5.41. The van der Waals surface area contributed by atoms with Crippen LogP contribution in [-0.2, 0) is 9.59 Å². The fraction of sp³-hybridized carbons (Fsp3) is 0.333. The average Bonchev–Trinajstić information content (AvgIpc) is 2.72. The molecule has 6 heteroatoms. The van der Waals surface area contributed by atoms with Gasteiger partial charge in [0.15, 0.2) is 6.61 Å². The first-order valence-corrected chi connectivity index (χ1v) is 9.11. The van der Waals surface area contributed by atoms with Gasteiger partial charge in [0, 0.05) is 19.6 Å². The Morgan fingerprint density at radius 1 is 1.04 bits per heavy atom. The van der Waals surface area contributed by atoms with Crippen LogP contribution in [0, 0.1) is 0 Å². The number of carbonyl (C=O) groups is 2. The van der Waals surface area contributed by atoms with Gasteiger partial charge in [-0.2, -0.15) is 0 Å². The molecular formula is C21H25N3O3. The van der Waals surface area contributed by atoms with Crippen LogP contribution in [0.4, 0.5) is 0 Å². The lowest BCUT2D eigenvalue weighted by Crippen LogP contribution is -2.52. The molecule has 3 rings (SSSR count). The molecule has 6 nitrogen and oxygen atoms in total. The van der Waals surface area contributed by atoms with E-state index in [1.54, 1.807) is 12.1 Å². The van der Waals surface area contributed by atoms with E-state index >= 15 is 0 Å². The van der Waals surface area contributed by atoms with E-state index in [-0.39, 0.29) is 31.0 Å². The first kappa shape index (κ1) is 18.9. The van der Waals surface area contributed by atoms with Crippen LogP contribution >= 0.6 is 0 Å². The van der Waals surface area contributed by atoms with Crippen LogP contribution in [0.25, 0.3) is 0 Å². The maximum atomic E-state index is 12.7. The van der Waals surface area contributed by atoms with Gasteiger partial charge in [-0.25, -0.2) is 0 Å². The van der Waals surface area contributed by atoms with Crippen LogP contribution in [0.5, 0.6) is 5.75 Å². The number of nitrogens with one attached hydrogen (secondary N) is 1. The number of rotatable bonds is 6. The van der Waals surface area contributed by atoms with Gasteiger partial charge < -0.3 is 19.9 Å². The van der Waals surface area contributed by atoms with Gasteiger partial charge in [-0.3, -0.25) is 9.59 Å². The van der Waals surface area contributed by atoms with Crippen LogP contribution in [0.1, 0.15) is 11.6 Å². The van der Waals surface area contributed by atoms with Crippen molar-refractivity contribution in [3.05, 3.63) is 66.2 Å². The number of piperazine rings is 1. The summed E-state index contributed by atoms with van der Waals surface area (Å²) in [5, 5.41) is 2.66. The van der Waals surface area contributed by atoms with Crippen molar-refractivity contribution in [2.75, 3.05) is 39.8 Å². The lowest BCUT2D eigenvalue weighted by atomic mass is 10.0. The quantitative estimate of drug-likeness (QED) is 0.844. The molecule has 0 bridgehead atoms. The second kappa shape index (κ2) is 9.19. The normalized spacial score (nSPS) is 17.4. The third-order valence-corrected chi connectivity index (χ3v) is 4.64. The summed E-state index contributed by atoms with van der Waals surface area (Å²) in [6.07, 6.45) is 0. The molecule has 0 spiro atoms. The van der Waals surface area contributed by atoms with Crippen molar-refractivity contribution in [1.29, 1.82) is 0 Å². The molecule has 27 heavy (non-hydrogen) atoms. The molecule has 1 aliphatic heterocycles. The van der Waals surface area contributed by atoms with Gasteiger partial charge >= 0.3 is 0 Å². The standard InChI is InChI=1S/C21H25N3O3/c1-23-12-13-24(19(15-23)17-8-4-2-5-9-17)21(26)14-22-20(25)16-27-18-10-6-3-7-11-18/h2-11,19H,12-16H2,1H3,(H,22,25). The van der Waals surface area contributed by atoms with E-state index in [1.807, 2.05) is 53.4 Å². The van der Waals surface area contributed by atoms with Gasteiger partial charge in [-0.05, 0) is 24.7 Å². The molecule has 0 aromatic heterocycles. The number of ether oxygens (including phenoxy) is 1. The number of likely N-dealkylation sites (N-methyl/N-ethyl adjacent to an activating group) is 1. The highest BCUT2D eigenvalue weighted by atomic mass is 16.5. The lowest BCUT2D eigenvalue weighted by Gasteiger charge is -2.40. The van der Waals surface area contributed by atoms with E-state index in [2.05, 4.69) is 17.3 Å². The lowest BCUT2D eigenvalue weighted by molar-refractivity contribution is -0.137. The molecule has 1 fully saturated rings. The van der Waals surface area contributed by atoms with Gasteiger partial charge in [0.2, 0.25) is 5.91 Å². The van der Waals surface area contributed by atoms with E-state index in [9.17, 15) is 9.59 Å². The minimum Gasteiger partial charge on any atom is -0.484 e. The zero-order valence-electron chi connectivity index (χ0n) is 15.5. The van der Waals surface area contributed by atoms with Gasteiger partial charge in [0.25, 0.3) is 5.91 Å². The Kier molecular flexibility index (Phi) is 6.44. The van der Waals surface area contributed by atoms with Crippen molar-refractivity contribution in [2.24, 2.45) is 0 Å². The summed E-state index contributed by atoms with van der Waals surface area (Å²) in [4.78, 5) is 28.8. The Balaban J connectivity index is 1.53. The Morgan fingerprint density at radius 2 is 1.70 bits per heavy atom. The molecule has 2 aromatic carbocycles. The molecule has 2 aromatic rings. The number of nitrogens with zero attached hydrogens (tertiary/aromatic N) is 2. The van der Waals surface area contributed by atoms with Gasteiger partial charge in [-0.1, -0.05) is 48.5 Å². The Labute approximate surface area is 159 Å². The second-order valence-electron chi connectivity index (χ2n) is 6.65. The molecule has 2 amide bonds. The Bertz CT molecular complexity index is 752. The first-order valence-electron chi connectivity index (χ1n) is 9.11. The summed E-state index contributed by atoms with van der Waals surface area (Å²) in [5.74, 6) is 0.241. The van der Waals surface area contributed by atoms with E-state index in [1.165, 1.54) is 0 Å². The number of hydrogen-bond acceptors (Lipinski definition) is 4. The van der Waals surface area contributed by atoms with Crippen molar-refractivity contribution in [2.45, 2.75) is 6.04 Å². The average molecular weight is 367 g/mol. The Morgan fingerprint density at radius 3 is 2.41 bits per heavy atom. The van der Waals surface area contributed by atoms with E-state index in [0.717, 1.165) is 18.7 Å². The molecule has 0 saturated carbocycles. The van der Waals surface area contributed by atoms with Crippen molar-refractivity contribution >= 4 is 11.8 Å². The van der Waals surface area contributed by atoms with Gasteiger partial charge in [-0.15, -0.1) is 0 Å². The van der Waals surface area contributed by atoms with Crippen molar-refractivity contribution in [3.63, 3.8) is 0 Å². The molecule has 1 unspecified atom stereocenters. The number of benzene rings is 2. The maximum Gasteiger partial charge on any atom is 0.258 e. The minimum absolute atomic E-state index is 0.00470. The van der Waals surface area contributed by atoms with Crippen LogP contribution in [0.15, 0.2) is 60.7 Å². The van der Waals surface area contributed by atoms with Gasteiger partial charge in [0.1, 0.15) is 5.75 Å². The highest BCUT2D eigenvalue weighted by Crippen LogP contribution is 2.24. The molecule has 1 atom stereocenters. The summed E-state index contributed by atoms with van der Waals surface area (Å²) in [6, 6.07) is 19.1. The fourth-order valence-corrected chi connectivity index (χ4v) is 3.17. The number of carbonyl (C=O) groups excluding carboxylic acids is 2. The van der Waals surface area contributed by atoms with Crippen LogP contribution in [-0.4, -0.2) is 61.4 Å². The predicted octanol–water partition coefficient (Wildman–Crippen LogP) is 1.70. The SMILES string of the molecule is CN1CCN(C(=O)CNC(=O)COc2ccccc2)C(c2ccccc2)C1. The topological polar surface area (TPSA) is 61.9 Å². The van der Waals surface area contributed by atoms with Gasteiger partial charge in [0.05, 0.1) is 12.6 Å². The van der Waals surface area contributed by atoms with Crippen molar-refractivity contribution in [1.82, 2.24) is 15.1 Å².